The molecule has 1 amide bonds. The molecule has 1 aliphatic rings. The molecule has 1 saturated heterocycles. The van der Waals surface area contributed by atoms with E-state index >= 15 is 0 Å². The fraction of sp³-hybridized carbons (Fsp3) is 0.800. The number of carbonyl (C=O) groups is 2. The SMILES string of the molecule is COC(=O)CCC(=O)NC1CCCNC1.Cl. The summed E-state index contributed by atoms with van der Waals surface area (Å²) in [6.45, 7) is 1.85. The largest absolute Gasteiger partial charge is 0.469 e. The van der Waals surface area contributed by atoms with E-state index in [2.05, 4.69) is 15.4 Å². The van der Waals surface area contributed by atoms with Gasteiger partial charge in [-0.1, -0.05) is 0 Å². The minimum Gasteiger partial charge on any atom is -0.469 e. The maximum absolute atomic E-state index is 11.4. The Labute approximate surface area is 102 Å². The Morgan fingerprint density at radius 3 is 2.75 bits per heavy atom. The lowest BCUT2D eigenvalue weighted by molar-refractivity contribution is -0.142. The molecule has 1 heterocycles. The average molecular weight is 251 g/mol. The number of nitrogens with one attached hydrogen (secondary N) is 2. The second-order valence-corrected chi connectivity index (χ2v) is 3.69. The van der Waals surface area contributed by atoms with Crippen molar-refractivity contribution in [3.05, 3.63) is 0 Å². The fourth-order valence-electron chi connectivity index (χ4n) is 1.59. The van der Waals surface area contributed by atoms with Crippen molar-refractivity contribution in [2.75, 3.05) is 20.2 Å². The summed E-state index contributed by atoms with van der Waals surface area (Å²) in [5, 5.41) is 6.10. The van der Waals surface area contributed by atoms with Gasteiger partial charge in [0, 0.05) is 19.0 Å². The highest BCUT2D eigenvalue weighted by Crippen LogP contribution is 2.02. The number of esters is 1. The van der Waals surface area contributed by atoms with Crippen LogP contribution < -0.4 is 10.6 Å². The molecule has 6 heteroatoms. The van der Waals surface area contributed by atoms with E-state index in [1.165, 1.54) is 7.11 Å². The van der Waals surface area contributed by atoms with Crippen LogP contribution >= 0.6 is 12.4 Å². The number of methoxy groups -OCH3 is 1. The lowest BCUT2D eigenvalue weighted by atomic mass is 10.1. The molecule has 1 atom stereocenters. The minimum absolute atomic E-state index is 0. The monoisotopic (exact) mass is 250 g/mol. The first kappa shape index (κ1) is 15.2. The van der Waals surface area contributed by atoms with Gasteiger partial charge in [-0.3, -0.25) is 9.59 Å². The lowest BCUT2D eigenvalue weighted by Crippen LogP contribution is -2.45. The van der Waals surface area contributed by atoms with Crippen LogP contribution in [0.15, 0.2) is 0 Å². The molecule has 0 aromatic carbocycles. The van der Waals surface area contributed by atoms with Gasteiger partial charge in [0.05, 0.1) is 13.5 Å². The van der Waals surface area contributed by atoms with E-state index in [0.717, 1.165) is 25.9 Å². The van der Waals surface area contributed by atoms with E-state index in [-0.39, 0.29) is 43.2 Å². The molecule has 1 fully saturated rings. The highest BCUT2D eigenvalue weighted by atomic mass is 35.5. The third kappa shape index (κ3) is 5.92. The van der Waals surface area contributed by atoms with E-state index in [0.29, 0.717) is 0 Å². The summed E-state index contributed by atoms with van der Waals surface area (Å²) in [6.07, 6.45) is 2.46. The van der Waals surface area contributed by atoms with E-state index in [4.69, 9.17) is 0 Å². The molecule has 5 nitrogen and oxygen atoms in total. The number of ether oxygens (including phenoxy) is 1. The Balaban J connectivity index is 0.00000225. The predicted octanol–water partition coefficient (Wildman–Crippen LogP) is 0.230. The van der Waals surface area contributed by atoms with Crippen molar-refractivity contribution in [2.45, 2.75) is 31.7 Å². The standard InChI is InChI=1S/C10H18N2O3.ClH/c1-15-10(14)5-4-9(13)12-8-3-2-6-11-7-8;/h8,11H,2-7H2,1H3,(H,12,13);1H. The third-order valence-corrected chi connectivity index (χ3v) is 2.45. The summed E-state index contributed by atoms with van der Waals surface area (Å²) in [5.41, 5.74) is 0. The van der Waals surface area contributed by atoms with Gasteiger partial charge in [-0.2, -0.15) is 0 Å². The summed E-state index contributed by atoms with van der Waals surface area (Å²) in [5.74, 6) is -0.416. The van der Waals surface area contributed by atoms with Crippen molar-refractivity contribution < 1.29 is 14.3 Å². The normalized spacial score (nSPS) is 19.4. The number of amides is 1. The topological polar surface area (TPSA) is 67.4 Å². The van der Waals surface area contributed by atoms with Crippen molar-refractivity contribution in [3.8, 4) is 0 Å². The number of hydrogen-bond donors (Lipinski definition) is 2. The van der Waals surface area contributed by atoms with Crippen molar-refractivity contribution in [1.29, 1.82) is 0 Å². The number of carbonyl (C=O) groups excluding carboxylic acids is 2. The van der Waals surface area contributed by atoms with Gasteiger partial charge in [0.1, 0.15) is 0 Å². The second kappa shape index (κ2) is 8.35. The van der Waals surface area contributed by atoms with Crippen molar-refractivity contribution in [2.24, 2.45) is 0 Å². The first-order chi connectivity index (χ1) is 7.22. The van der Waals surface area contributed by atoms with Crippen LogP contribution in [-0.2, 0) is 14.3 Å². The van der Waals surface area contributed by atoms with Gasteiger partial charge < -0.3 is 15.4 Å². The van der Waals surface area contributed by atoms with Gasteiger partial charge in [-0.25, -0.2) is 0 Å². The van der Waals surface area contributed by atoms with E-state index in [9.17, 15) is 9.59 Å². The maximum atomic E-state index is 11.4. The first-order valence-electron chi connectivity index (χ1n) is 5.29. The maximum Gasteiger partial charge on any atom is 0.306 e. The van der Waals surface area contributed by atoms with Crippen molar-refractivity contribution in [3.63, 3.8) is 0 Å². The Bertz CT molecular complexity index is 230. The summed E-state index contributed by atoms with van der Waals surface area (Å²) in [7, 11) is 1.32. The Kier molecular flexibility index (Phi) is 7.93. The van der Waals surface area contributed by atoms with E-state index < -0.39 is 0 Å². The van der Waals surface area contributed by atoms with Gasteiger partial charge in [0.15, 0.2) is 0 Å². The summed E-state index contributed by atoms with van der Waals surface area (Å²) in [4.78, 5) is 22.2. The van der Waals surface area contributed by atoms with Crippen LogP contribution in [-0.4, -0.2) is 38.1 Å². The van der Waals surface area contributed by atoms with Crippen LogP contribution in [0, 0.1) is 0 Å². The lowest BCUT2D eigenvalue weighted by Gasteiger charge is -2.23. The number of rotatable bonds is 4. The Morgan fingerprint density at radius 2 is 2.19 bits per heavy atom. The summed E-state index contributed by atoms with van der Waals surface area (Å²) < 4.78 is 4.46. The van der Waals surface area contributed by atoms with Crippen LogP contribution in [0.2, 0.25) is 0 Å². The summed E-state index contributed by atoms with van der Waals surface area (Å²) >= 11 is 0. The molecule has 1 unspecified atom stereocenters. The molecular formula is C10H19ClN2O3. The van der Waals surface area contributed by atoms with E-state index in [1.807, 2.05) is 0 Å². The molecule has 1 rings (SSSR count). The van der Waals surface area contributed by atoms with Crippen molar-refractivity contribution in [1.82, 2.24) is 10.6 Å². The van der Waals surface area contributed by atoms with Crippen LogP contribution in [0.3, 0.4) is 0 Å². The van der Waals surface area contributed by atoms with Crippen molar-refractivity contribution >= 4 is 24.3 Å². The molecule has 94 valence electrons. The Hall–Kier alpha value is -0.810. The molecule has 16 heavy (non-hydrogen) atoms. The average Bonchev–Trinajstić information content (AvgIpc) is 2.27. The van der Waals surface area contributed by atoms with Crippen LogP contribution in [0.25, 0.3) is 0 Å². The predicted molar refractivity (Wildman–Crippen MR) is 62.5 cm³/mol. The molecule has 0 aromatic rings. The smallest absolute Gasteiger partial charge is 0.306 e. The van der Waals surface area contributed by atoms with E-state index in [1.54, 1.807) is 0 Å². The molecule has 0 radical (unpaired) electrons. The molecule has 0 bridgehead atoms. The quantitative estimate of drug-likeness (QED) is 0.701. The molecular weight excluding hydrogens is 232 g/mol. The van der Waals surface area contributed by atoms with Gasteiger partial charge >= 0.3 is 5.97 Å². The Morgan fingerprint density at radius 1 is 1.44 bits per heavy atom. The number of piperidine rings is 1. The highest BCUT2D eigenvalue weighted by Gasteiger charge is 2.15. The third-order valence-electron chi connectivity index (χ3n) is 2.45. The second-order valence-electron chi connectivity index (χ2n) is 3.69. The molecule has 0 aliphatic carbocycles. The number of hydrogen-bond acceptors (Lipinski definition) is 4. The summed E-state index contributed by atoms with van der Waals surface area (Å²) in [6, 6.07) is 0.212. The van der Waals surface area contributed by atoms with Gasteiger partial charge in [0.2, 0.25) is 5.91 Å². The molecule has 2 N–H and O–H groups in total. The van der Waals surface area contributed by atoms with Crippen LogP contribution in [0.5, 0.6) is 0 Å². The zero-order valence-electron chi connectivity index (χ0n) is 9.45. The van der Waals surface area contributed by atoms with Gasteiger partial charge in [0.25, 0.3) is 0 Å². The molecule has 0 aromatic heterocycles. The molecule has 0 saturated carbocycles. The van der Waals surface area contributed by atoms with Crippen LogP contribution in [0.1, 0.15) is 25.7 Å². The first-order valence-corrected chi connectivity index (χ1v) is 5.29. The highest BCUT2D eigenvalue weighted by molar-refractivity contribution is 5.85. The molecule has 0 spiro atoms. The fourth-order valence-corrected chi connectivity index (χ4v) is 1.59. The van der Waals surface area contributed by atoms with Gasteiger partial charge in [-0.15, -0.1) is 12.4 Å². The van der Waals surface area contributed by atoms with Gasteiger partial charge in [-0.05, 0) is 19.4 Å². The zero-order chi connectivity index (χ0) is 11.1. The van der Waals surface area contributed by atoms with Crippen LogP contribution in [0.4, 0.5) is 0 Å². The molecule has 1 aliphatic heterocycles. The number of halogens is 1. The minimum atomic E-state index is -0.341. The zero-order valence-corrected chi connectivity index (χ0v) is 10.3.